The summed E-state index contributed by atoms with van der Waals surface area (Å²) in [5, 5.41) is 11.9. The highest BCUT2D eigenvalue weighted by Gasteiger charge is 2.19. The van der Waals surface area contributed by atoms with Crippen molar-refractivity contribution < 1.29 is 14.7 Å². The molecule has 0 bridgehead atoms. The van der Waals surface area contributed by atoms with Gasteiger partial charge in [-0.1, -0.05) is 23.8 Å². The van der Waals surface area contributed by atoms with Crippen LogP contribution >= 0.6 is 0 Å². The Bertz CT molecular complexity index is 578. The molecule has 0 aromatic heterocycles. The molecule has 0 saturated heterocycles. The standard InChI is InChI=1S/C15H18N2O3/c1-10-6-8-17(9-7-10)15(20)16-12-5-3-4-11(2)13(12)14(18)19/h3-6H,7-9H2,1-2H3,(H,16,20)(H,18,19). The number of carbonyl (C=O) groups excluding carboxylic acids is 1. The largest absolute Gasteiger partial charge is 0.478 e. The van der Waals surface area contributed by atoms with Crippen molar-refractivity contribution in [2.45, 2.75) is 20.3 Å². The Morgan fingerprint density at radius 1 is 1.30 bits per heavy atom. The zero-order chi connectivity index (χ0) is 14.7. The van der Waals surface area contributed by atoms with Crippen LogP contribution in [0.25, 0.3) is 0 Å². The van der Waals surface area contributed by atoms with E-state index in [1.54, 1.807) is 30.0 Å². The Balaban J connectivity index is 2.16. The molecule has 20 heavy (non-hydrogen) atoms. The van der Waals surface area contributed by atoms with Gasteiger partial charge in [0.2, 0.25) is 0 Å². The van der Waals surface area contributed by atoms with E-state index in [2.05, 4.69) is 5.32 Å². The molecular weight excluding hydrogens is 256 g/mol. The van der Waals surface area contributed by atoms with Crippen LogP contribution in [0.3, 0.4) is 0 Å². The van der Waals surface area contributed by atoms with E-state index >= 15 is 0 Å². The van der Waals surface area contributed by atoms with Crippen molar-refractivity contribution >= 4 is 17.7 Å². The molecule has 2 amide bonds. The molecule has 1 aromatic rings. The summed E-state index contributed by atoms with van der Waals surface area (Å²) in [6.45, 7) is 4.97. The second kappa shape index (κ2) is 5.77. The zero-order valence-corrected chi connectivity index (χ0v) is 11.6. The van der Waals surface area contributed by atoms with E-state index in [1.807, 2.05) is 13.0 Å². The molecule has 0 aliphatic carbocycles. The lowest BCUT2D eigenvalue weighted by Crippen LogP contribution is -2.38. The maximum Gasteiger partial charge on any atom is 0.338 e. The van der Waals surface area contributed by atoms with Crippen LogP contribution in [-0.4, -0.2) is 35.1 Å². The molecule has 5 heteroatoms. The number of urea groups is 1. The number of aromatic carboxylic acids is 1. The van der Waals surface area contributed by atoms with Crippen LogP contribution in [0.5, 0.6) is 0 Å². The maximum absolute atomic E-state index is 12.2. The molecule has 1 aliphatic rings. The normalized spacial score (nSPS) is 14.7. The predicted octanol–water partition coefficient (Wildman–Crippen LogP) is 2.88. The van der Waals surface area contributed by atoms with Gasteiger partial charge in [0, 0.05) is 13.1 Å². The van der Waals surface area contributed by atoms with Crippen LogP contribution in [0, 0.1) is 6.92 Å². The number of carboxylic acid groups (broad SMARTS) is 1. The third-order valence-electron chi connectivity index (χ3n) is 3.45. The van der Waals surface area contributed by atoms with Gasteiger partial charge in [-0.25, -0.2) is 9.59 Å². The summed E-state index contributed by atoms with van der Waals surface area (Å²) in [5.41, 5.74) is 2.39. The first-order valence-electron chi connectivity index (χ1n) is 6.53. The van der Waals surface area contributed by atoms with Crippen molar-refractivity contribution in [2.75, 3.05) is 18.4 Å². The number of nitrogens with one attached hydrogen (secondary N) is 1. The molecular formula is C15H18N2O3. The molecule has 0 unspecified atom stereocenters. The van der Waals surface area contributed by atoms with Gasteiger partial charge in [0.05, 0.1) is 11.3 Å². The lowest BCUT2D eigenvalue weighted by atomic mass is 10.1. The van der Waals surface area contributed by atoms with Crippen molar-refractivity contribution in [1.82, 2.24) is 4.90 Å². The number of carbonyl (C=O) groups is 2. The smallest absolute Gasteiger partial charge is 0.338 e. The minimum absolute atomic E-state index is 0.143. The van der Waals surface area contributed by atoms with E-state index in [4.69, 9.17) is 0 Å². The minimum atomic E-state index is -1.03. The quantitative estimate of drug-likeness (QED) is 0.815. The van der Waals surface area contributed by atoms with Gasteiger partial charge in [-0.05, 0) is 31.9 Å². The van der Waals surface area contributed by atoms with Crippen LogP contribution in [0.1, 0.15) is 29.3 Å². The first kappa shape index (κ1) is 14.1. The van der Waals surface area contributed by atoms with Crippen molar-refractivity contribution in [1.29, 1.82) is 0 Å². The SMILES string of the molecule is CC1=CCN(C(=O)Nc2cccc(C)c2C(=O)O)CC1. The topological polar surface area (TPSA) is 69.6 Å². The molecule has 0 spiro atoms. The molecule has 106 valence electrons. The number of benzene rings is 1. The number of rotatable bonds is 2. The third-order valence-corrected chi connectivity index (χ3v) is 3.45. The highest BCUT2D eigenvalue weighted by Crippen LogP contribution is 2.20. The Morgan fingerprint density at radius 3 is 2.65 bits per heavy atom. The van der Waals surface area contributed by atoms with E-state index in [0.717, 1.165) is 6.42 Å². The number of amides is 2. The summed E-state index contributed by atoms with van der Waals surface area (Å²) in [5.74, 6) is -1.03. The molecule has 1 heterocycles. The number of hydrogen-bond acceptors (Lipinski definition) is 2. The predicted molar refractivity (Wildman–Crippen MR) is 77.1 cm³/mol. The van der Waals surface area contributed by atoms with Gasteiger partial charge < -0.3 is 15.3 Å². The van der Waals surface area contributed by atoms with Gasteiger partial charge in [-0.15, -0.1) is 0 Å². The third kappa shape index (κ3) is 2.99. The Labute approximate surface area is 117 Å². The summed E-state index contributed by atoms with van der Waals surface area (Å²) in [6, 6.07) is 4.80. The van der Waals surface area contributed by atoms with Gasteiger partial charge in [-0.2, -0.15) is 0 Å². The number of anilines is 1. The van der Waals surface area contributed by atoms with Crippen LogP contribution in [0.15, 0.2) is 29.8 Å². The molecule has 2 rings (SSSR count). The van der Waals surface area contributed by atoms with Gasteiger partial charge in [0.15, 0.2) is 0 Å². The summed E-state index contributed by atoms with van der Waals surface area (Å²) in [4.78, 5) is 25.1. The molecule has 0 atom stereocenters. The molecule has 1 aromatic carbocycles. The lowest BCUT2D eigenvalue weighted by Gasteiger charge is -2.26. The second-order valence-corrected chi connectivity index (χ2v) is 4.98. The number of nitrogens with zero attached hydrogens (tertiary/aromatic N) is 1. The number of aryl methyl sites for hydroxylation is 1. The van der Waals surface area contributed by atoms with Gasteiger partial charge >= 0.3 is 12.0 Å². The van der Waals surface area contributed by atoms with E-state index in [9.17, 15) is 14.7 Å². The second-order valence-electron chi connectivity index (χ2n) is 4.98. The lowest BCUT2D eigenvalue weighted by molar-refractivity contribution is 0.0697. The average Bonchev–Trinajstić information content (AvgIpc) is 2.39. The summed E-state index contributed by atoms with van der Waals surface area (Å²) < 4.78 is 0. The first-order valence-corrected chi connectivity index (χ1v) is 6.53. The Hall–Kier alpha value is -2.30. The van der Waals surface area contributed by atoms with Gasteiger partial charge in [0.25, 0.3) is 0 Å². The van der Waals surface area contributed by atoms with Crippen molar-refractivity contribution in [2.24, 2.45) is 0 Å². The van der Waals surface area contributed by atoms with E-state index in [-0.39, 0.29) is 11.6 Å². The fraction of sp³-hybridized carbons (Fsp3) is 0.333. The summed E-state index contributed by atoms with van der Waals surface area (Å²) in [6.07, 6.45) is 2.87. The van der Waals surface area contributed by atoms with Crippen LogP contribution in [0.4, 0.5) is 10.5 Å². The highest BCUT2D eigenvalue weighted by molar-refractivity contribution is 6.01. The molecule has 0 saturated carbocycles. The van der Waals surface area contributed by atoms with Crippen LogP contribution < -0.4 is 5.32 Å². The van der Waals surface area contributed by atoms with Gasteiger partial charge in [-0.3, -0.25) is 0 Å². The van der Waals surface area contributed by atoms with E-state index in [1.165, 1.54) is 5.57 Å². The average molecular weight is 274 g/mol. The maximum atomic E-state index is 12.2. The molecule has 2 N–H and O–H groups in total. The van der Waals surface area contributed by atoms with E-state index < -0.39 is 5.97 Å². The first-order chi connectivity index (χ1) is 9.49. The van der Waals surface area contributed by atoms with Crippen LogP contribution in [0.2, 0.25) is 0 Å². The van der Waals surface area contributed by atoms with Crippen LogP contribution in [-0.2, 0) is 0 Å². The Kier molecular flexibility index (Phi) is 4.08. The number of carboxylic acids is 1. The minimum Gasteiger partial charge on any atom is -0.478 e. The fourth-order valence-electron chi connectivity index (χ4n) is 2.21. The van der Waals surface area contributed by atoms with Crippen molar-refractivity contribution in [3.63, 3.8) is 0 Å². The van der Waals surface area contributed by atoms with Crippen molar-refractivity contribution in [3.05, 3.63) is 41.0 Å². The number of hydrogen-bond donors (Lipinski definition) is 2. The van der Waals surface area contributed by atoms with Crippen molar-refractivity contribution in [3.8, 4) is 0 Å². The molecule has 5 nitrogen and oxygen atoms in total. The fourth-order valence-corrected chi connectivity index (χ4v) is 2.21. The molecule has 1 aliphatic heterocycles. The Morgan fingerprint density at radius 2 is 2.05 bits per heavy atom. The molecule has 0 fully saturated rings. The molecule has 0 radical (unpaired) electrons. The van der Waals surface area contributed by atoms with Gasteiger partial charge in [0.1, 0.15) is 0 Å². The monoisotopic (exact) mass is 274 g/mol. The summed E-state index contributed by atoms with van der Waals surface area (Å²) >= 11 is 0. The summed E-state index contributed by atoms with van der Waals surface area (Å²) in [7, 11) is 0. The van der Waals surface area contributed by atoms with E-state index in [0.29, 0.717) is 24.3 Å². The zero-order valence-electron chi connectivity index (χ0n) is 11.6. The highest BCUT2D eigenvalue weighted by atomic mass is 16.4.